The van der Waals surface area contributed by atoms with Crippen LogP contribution in [0.1, 0.15) is 19.4 Å². The third-order valence-corrected chi connectivity index (χ3v) is 2.87. The molecule has 108 valence electrons. The van der Waals surface area contributed by atoms with Gasteiger partial charge in [-0.05, 0) is 18.1 Å². The van der Waals surface area contributed by atoms with Crippen LogP contribution in [0, 0.1) is 5.41 Å². The van der Waals surface area contributed by atoms with Crippen molar-refractivity contribution >= 4 is 18.3 Å². The summed E-state index contributed by atoms with van der Waals surface area (Å²) in [6, 6.07) is 7.76. The molecule has 1 rings (SSSR count). The average Bonchev–Trinajstić information content (AvgIpc) is 2.36. The normalized spacial score (nSPS) is 10.5. The van der Waals surface area contributed by atoms with Gasteiger partial charge in [0.15, 0.2) is 0 Å². The predicted octanol–water partition coefficient (Wildman–Crippen LogP) is 1.76. The van der Waals surface area contributed by atoms with E-state index in [0.29, 0.717) is 19.5 Å². The highest BCUT2D eigenvalue weighted by molar-refractivity contribution is 5.85. The molecule has 0 heterocycles. The molecule has 0 aliphatic carbocycles. The summed E-state index contributed by atoms with van der Waals surface area (Å²) in [6.45, 7) is 4.81. The van der Waals surface area contributed by atoms with Crippen LogP contribution in [-0.4, -0.2) is 26.1 Å². The molecule has 3 N–H and O–H groups in total. The fourth-order valence-electron chi connectivity index (χ4n) is 1.83. The molecule has 0 saturated heterocycles. The second kappa shape index (κ2) is 8.02. The number of benzene rings is 1. The number of amides is 1. The maximum absolute atomic E-state index is 12.0. The van der Waals surface area contributed by atoms with E-state index in [1.54, 1.807) is 7.11 Å². The minimum absolute atomic E-state index is 0. The monoisotopic (exact) mass is 286 g/mol. The molecule has 0 bridgehead atoms. The molecule has 0 saturated carbocycles. The number of carbonyl (C=O) groups excluding carboxylic acids is 1. The maximum Gasteiger partial charge on any atom is 0.226 e. The molecule has 0 unspecified atom stereocenters. The van der Waals surface area contributed by atoms with Gasteiger partial charge >= 0.3 is 0 Å². The van der Waals surface area contributed by atoms with Gasteiger partial charge in [0.25, 0.3) is 0 Å². The smallest absolute Gasteiger partial charge is 0.226 e. The largest absolute Gasteiger partial charge is 0.496 e. The summed E-state index contributed by atoms with van der Waals surface area (Å²) >= 11 is 0. The fraction of sp³-hybridized carbons (Fsp3) is 0.500. The Morgan fingerprint density at radius 3 is 2.58 bits per heavy atom. The Balaban J connectivity index is 0.00000324. The zero-order valence-electron chi connectivity index (χ0n) is 11.7. The number of ether oxygens (including phenoxy) is 1. The summed E-state index contributed by atoms with van der Waals surface area (Å²) in [5.41, 5.74) is 5.94. The van der Waals surface area contributed by atoms with E-state index in [1.165, 1.54) is 0 Å². The van der Waals surface area contributed by atoms with Crippen LogP contribution in [0.15, 0.2) is 24.3 Å². The van der Waals surface area contributed by atoms with Gasteiger partial charge < -0.3 is 15.8 Å². The zero-order chi connectivity index (χ0) is 13.6. The first kappa shape index (κ1) is 17.7. The Bertz CT molecular complexity index is 408. The number of methoxy groups -OCH3 is 1. The predicted molar refractivity (Wildman–Crippen MR) is 79.8 cm³/mol. The molecule has 0 atom stereocenters. The molecule has 1 aromatic carbocycles. The minimum Gasteiger partial charge on any atom is -0.496 e. The van der Waals surface area contributed by atoms with Crippen molar-refractivity contribution in [2.75, 3.05) is 20.2 Å². The lowest BCUT2D eigenvalue weighted by Gasteiger charge is -2.24. The molecule has 5 heteroatoms. The summed E-state index contributed by atoms with van der Waals surface area (Å²) in [4.78, 5) is 12.0. The van der Waals surface area contributed by atoms with Crippen molar-refractivity contribution in [1.82, 2.24) is 5.32 Å². The van der Waals surface area contributed by atoms with E-state index in [0.717, 1.165) is 11.3 Å². The molecule has 4 nitrogen and oxygen atoms in total. The van der Waals surface area contributed by atoms with Crippen LogP contribution in [0.5, 0.6) is 5.75 Å². The average molecular weight is 287 g/mol. The molecule has 0 aliphatic heterocycles. The first-order chi connectivity index (χ1) is 8.51. The molecular weight excluding hydrogens is 264 g/mol. The van der Waals surface area contributed by atoms with E-state index < -0.39 is 5.41 Å². The molecule has 1 aromatic rings. The van der Waals surface area contributed by atoms with Crippen LogP contribution in [0.4, 0.5) is 0 Å². The highest BCUT2D eigenvalue weighted by atomic mass is 35.5. The van der Waals surface area contributed by atoms with Crippen molar-refractivity contribution in [3.05, 3.63) is 29.8 Å². The van der Waals surface area contributed by atoms with Crippen LogP contribution in [0.25, 0.3) is 0 Å². The highest BCUT2D eigenvalue weighted by Crippen LogP contribution is 2.27. The van der Waals surface area contributed by atoms with Crippen molar-refractivity contribution in [1.29, 1.82) is 0 Å². The van der Waals surface area contributed by atoms with Crippen LogP contribution in [-0.2, 0) is 11.2 Å². The third kappa shape index (κ3) is 5.09. The molecule has 0 aromatic heterocycles. The lowest BCUT2D eigenvalue weighted by atomic mass is 9.84. The van der Waals surface area contributed by atoms with Crippen molar-refractivity contribution in [2.45, 2.75) is 20.3 Å². The van der Waals surface area contributed by atoms with E-state index in [4.69, 9.17) is 10.5 Å². The van der Waals surface area contributed by atoms with Crippen molar-refractivity contribution in [2.24, 2.45) is 11.1 Å². The van der Waals surface area contributed by atoms with Gasteiger partial charge in [0.05, 0.1) is 7.11 Å². The summed E-state index contributed by atoms with van der Waals surface area (Å²) in [5, 5.41) is 2.83. The van der Waals surface area contributed by atoms with Crippen molar-refractivity contribution in [3.63, 3.8) is 0 Å². The van der Waals surface area contributed by atoms with Gasteiger partial charge in [0.1, 0.15) is 5.75 Å². The van der Waals surface area contributed by atoms with E-state index >= 15 is 0 Å². The van der Waals surface area contributed by atoms with Gasteiger partial charge in [-0.1, -0.05) is 32.0 Å². The van der Waals surface area contributed by atoms with Gasteiger partial charge in [-0.25, -0.2) is 0 Å². The second-order valence-electron chi connectivity index (χ2n) is 4.92. The highest BCUT2D eigenvalue weighted by Gasteiger charge is 2.28. The van der Waals surface area contributed by atoms with E-state index in [2.05, 4.69) is 5.32 Å². The summed E-state index contributed by atoms with van der Waals surface area (Å²) in [6.07, 6.45) is 0.632. The quantitative estimate of drug-likeness (QED) is 0.837. The number of rotatable bonds is 6. The molecule has 0 spiro atoms. The van der Waals surface area contributed by atoms with Crippen molar-refractivity contribution in [3.8, 4) is 5.75 Å². The maximum atomic E-state index is 12.0. The van der Waals surface area contributed by atoms with E-state index in [9.17, 15) is 4.79 Å². The molecule has 0 fully saturated rings. The van der Waals surface area contributed by atoms with Crippen LogP contribution in [0.3, 0.4) is 0 Å². The van der Waals surface area contributed by atoms with Crippen LogP contribution in [0.2, 0.25) is 0 Å². The zero-order valence-corrected chi connectivity index (χ0v) is 12.5. The SMILES string of the molecule is COc1ccccc1CC(C)(C)C(=O)NCCN.Cl. The minimum atomic E-state index is -0.482. The summed E-state index contributed by atoms with van der Waals surface area (Å²) < 4.78 is 5.30. The van der Waals surface area contributed by atoms with Gasteiger partial charge in [-0.2, -0.15) is 0 Å². The number of hydrogen-bond donors (Lipinski definition) is 2. The van der Waals surface area contributed by atoms with E-state index in [-0.39, 0.29) is 18.3 Å². The Hall–Kier alpha value is -1.26. The number of nitrogens with two attached hydrogens (primary N) is 1. The Kier molecular flexibility index (Phi) is 7.49. The summed E-state index contributed by atoms with van der Waals surface area (Å²) in [5.74, 6) is 0.830. The van der Waals surface area contributed by atoms with Gasteiger partial charge in [0.2, 0.25) is 5.91 Å². The standard InChI is InChI=1S/C14H22N2O2.ClH/c1-14(2,13(17)16-9-8-15)10-11-6-4-5-7-12(11)18-3;/h4-7H,8-10,15H2,1-3H3,(H,16,17);1H. The Morgan fingerprint density at radius 1 is 1.37 bits per heavy atom. The number of para-hydroxylation sites is 1. The van der Waals surface area contributed by atoms with Crippen molar-refractivity contribution < 1.29 is 9.53 Å². The number of nitrogens with one attached hydrogen (secondary N) is 1. The van der Waals surface area contributed by atoms with Gasteiger partial charge in [-0.15, -0.1) is 12.4 Å². The van der Waals surface area contributed by atoms with E-state index in [1.807, 2.05) is 38.1 Å². The molecule has 0 aliphatic rings. The third-order valence-electron chi connectivity index (χ3n) is 2.87. The summed E-state index contributed by atoms with van der Waals surface area (Å²) in [7, 11) is 1.64. The van der Waals surface area contributed by atoms with Crippen LogP contribution < -0.4 is 15.8 Å². The topological polar surface area (TPSA) is 64.3 Å². The first-order valence-electron chi connectivity index (χ1n) is 6.11. The Labute approximate surface area is 121 Å². The lowest BCUT2D eigenvalue weighted by Crippen LogP contribution is -2.40. The molecule has 19 heavy (non-hydrogen) atoms. The Morgan fingerprint density at radius 2 is 2.00 bits per heavy atom. The van der Waals surface area contributed by atoms with Gasteiger partial charge in [-0.3, -0.25) is 4.79 Å². The first-order valence-corrected chi connectivity index (χ1v) is 6.11. The number of hydrogen-bond acceptors (Lipinski definition) is 3. The van der Waals surface area contributed by atoms with Gasteiger partial charge in [0, 0.05) is 18.5 Å². The molecular formula is C14H23ClN2O2. The van der Waals surface area contributed by atoms with Crippen LogP contribution >= 0.6 is 12.4 Å². The molecule has 0 radical (unpaired) electrons. The fourth-order valence-corrected chi connectivity index (χ4v) is 1.83. The second-order valence-corrected chi connectivity index (χ2v) is 4.92. The number of carbonyl (C=O) groups is 1. The lowest BCUT2D eigenvalue weighted by molar-refractivity contribution is -0.129. The number of halogens is 1. The molecule has 1 amide bonds.